The van der Waals surface area contributed by atoms with Crippen molar-refractivity contribution in [1.82, 2.24) is 5.32 Å². The SMILES string of the molecule is CCCCNC(=O)C(F)(F)F.CCOC(=O)c1ccccc1. The first-order chi connectivity index (χ1) is 10.3. The Morgan fingerprint density at radius 2 is 1.73 bits per heavy atom. The van der Waals surface area contributed by atoms with Crippen LogP contribution >= 0.6 is 0 Å². The largest absolute Gasteiger partial charge is 0.471 e. The minimum Gasteiger partial charge on any atom is -0.462 e. The van der Waals surface area contributed by atoms with Crippen molar-refractivity contribution in [3.63, 3.8) is 0 Å². The molecule has 0 aromatic heterocycles. The van der Waals surface area contributed by atoms with Crippen molar-refractivity contribution in [2.24, 2.45) is 0 Å². The number of benzene rings is 1. The lowest BCUT2D eigenvalue weighted by Crippen LogP contribution is -2.37. The molecule has 4 nitrogen and oxygen atoms in total. The number of esters is 1. The summed E-state index contributed by atoms with van der Waals surface area (Å²) < 4.78 is 39.2. The number of unbranched alkanes of at least 4 members (excludes halogenated alkanes) is 1. The maximum absolute atomic E-state index is 11.5. The van der Waals surface area contributed by atoms with Crippen molar-refractivity contribution in [2.45, 2.75) is 32.9 Å². The predicted molar refractivity (Wildman–Crippen MR) is 76.4 cm³/mol. The first-order valence-electron chi connectivity index (χ1n) is 6.90. The first-order valence-corrected chi connectivity index (χ1v) is 6.90. The van der Waals surface area contributed by atoms with Gasteiger partial charge in [-0.3, -0.25) is 4.79 Å². The second-order valence-corrected chi connectivity index (χ2v) is 4.19. The monoisotopic (exact) mass is 319 g/mol. The molecule has 22 heavy (non-hydrogen) atoms. The van der Waals surface area contributed by atoms with Crippen LogP contribution in [0.15, 0.2) is 30.3 Å². The van der Waals surface area contributed by atoms with E-state index in [0.29, 0.717) is 18.6 Å². The molecule has 0 fully saturated rings. The summed E-state index contributed by atoms with van der Waals surface area (Å²) in [5, 5.41) is 1.76. The summed E-state index contributed by atoms with van der Waals surface area (Å²) in [5.41, 5.74) is 0.606. The van der Waals surface area contributed by atoms with E-state index < -0.39 is 12.1 Å². The minimum absolute atomic E-state index is 0.0921. The summed E-state index contributed by atoms with van der Waals surface area (Å²) in [6.07, 6.45) is -3.41. The van der Waals surface area contributed by atoms with Crippen LogP contribution in [-0.4, -0.2) is 31.2 Å². The van der Waals surface area contributed by atoms with E-state index in [-0.39, 0.29) is 12.5 Å². The van der Waals surface area contributed by atoms with E-state index in [9.17, 15) is 22.8 Å². The number of halogens is 3. The Kier molecular flexibility index (Phi) is 9.65. The number of nitrogens with one attached hydrogen (secondary N) is 1. The highest BCUT2D eigenvalue weighted by atomic mass is 19.4. The van der Waals surface area contributed by atoms with Crippen molar-refractivity contribution < 1.29 is 27.5 Å². The zero-order valence-electron chi connectivity index (χ0n) is 12.6. The number of alkyl halides is 3. The molecule has 1 N–H and O–H groups in total. The second kappa shape index (κ2) is 10.6. The number of hydrogen-bond donors (Lipinski definition) is 1. The topological polar surface area (TPSA) is 55.4 Å². The third-order valence-corrected chi connectivity index (χ3v) is 2.36. The number of amides is 1. The van der Waals surface area contributed by atoms with Crippen LogP contribution in [0.3, 0.4) is 0 Å². The Balaban J connectivity index is 0.000000401. The average molecular weight is 319 g/mol. The molecule has 0 saturated carbocycles. The maximum Gasteiger partial charge on any atom is 0.471 e. The van der Waals surface area contributed by atoms with Crippen LogP contribution in [0, 0.1) is 0 Å². The molecule has 0 saturated heterocycles. The highest BCUT2D eigenvalue weighted by Gasteiger charge is 2.37. The van der Waals surface area contributed by atoms with Crippen molar-refractivity contribution >= 4 is 11.9 Å². The molecule has 0 atom stereocenters. The normalized spacial score (nSPS) is 10.2. The number of ether oxygens (including phenoxy) is 1. The smallest absolute Gasteiger partial charge is 0.462 e. The van der Waals surface area contributed by atoms with Gasteiger partial charge in [-0.25, -0.2) is 4.79 Å². The van der Waals surface area contributed by atoms with Gasteiger partial charge in [-0.15, -0.1) is 0 Å². The molecular weight excluding hydrogens is 299 g/mol. The second-order valence-electron chi connectivity index (χ2n) is 4.19. The summed E-state index contributed by atoms with van der Waals surface area (Å²) in [6.45, 7) is 4.14. The third kappa shape index (κ3) is 8.99. The van der Waals surface area contributed by atoms with Crippen LogP contribution in [0.4, 0.5) is 13.2 Å². The number of rotatable bonds is 5. The van der Waals surface area contributed by atoms with Crippen molar-refractivity contribution in [1.29, 1.82) is 0 Å². The summed E-state index contributed by atoms with van der Waals surface area (Å²) in [5.74, 6) is -2.11. The van der Waals surface area contributed by atoms with Crippen molar-refractivity contribution in [3.05, 3.63) is 35.9 Å². The Hall–Kier alpha value is -2.05. The molecule has 124 valence electrons. The highest BCUT2D eigenvalue weighted by Crippen LogP contribution is 2.13. The lowest BCUT2D eigenvalue weighted by atomic mass is 10.2. The van der Waals surface area contributed by atoms with Gasteiger partial charge in [-0.1, -0.05) is 31.5 Å². The lowest BCUT2D eigenvalue weighted by molar-refractivity contribution is -0.173. The Bertz CT molecular complexity index is 447. The fourth-order valence-corrected chi connectivity index (χ4v) is 1.27. The van der Waals surface area contributed by atoms with Gasteiger partial charge in [0.25, 0.3) is 0 Å². The van der Waals surface area contributed by atoms with E-state index in [1.165, 1.54) is 0 Å². The molecule has 0 aliphatic rings. The van der Waals surface area contributed by atoms with Crippen molar-refractivity contribution in [3.8, 4) is 0 Å². The Morgan fingerprint density at radius 3 is 2.18 bits per heavy atom. The standard InChI is InChI=1S/C9H10O2.C6H10F3NO/c1-2-11-9(10)8-6-4-3-5-7-8;1-2-3-4-10-5(11)6(7,8)9/h3-7H,2H2,1H3;2-4H2,1H3,(H,10,11). The van der Waals surface area contributed by atoms with Crippen LogP contribution in [0.1, 0.15) is 37.0 Å². The summed E-state index contributed by atoms with van der Waals surface area (Å²) in [6, 6.07) is 8.96. The lowest BCUT2D eigenvalue weighted by Gasteiger charge is -2.06. The molecule has 7 heteroatoms. The van der Waals surface area contributed by atoms with Gasteiger partial charge in [0, 0.05) is 6.54 Å². The zero-order chi connectivity index (χ0) is 17.0. The van der Waals surface area contributed by atoms with Gasteiger partial charge in [-0.2, -0.15) is 13.2 Å². The molecule has 0 spiro atoms. The molecule has 1 amide bonds. The molecule has 1 aromatic carbocycles. The van der Waals surface area contributed by atoms with Gasteiger partial charge in [0.05, 0.1) is 12.2 Å². The van der Waals surface area contributed by atoms with E-state index >= 15 is 0 Å². The third-order valence-electron chi connectivity index (χ3n) is 2.36. The van der Waals surface area contributed by atoms with E-state index in [4.69, 9.17) is 4.74 Å². The Morgan fingerprint density at radius 1 is 1.14 bits per heavy atom. The maximum atomic E-state index is 11.5. The average Bonchev–Trinajstić information content (AvgIpc) is 2.48. The minimum atomic E-state index is -4.74. The molecular formula is C15H20F3NO3. The molecule has 1 rings (SSSR count). The molecule has 0 heterocycles. The summed E-state index contributed by atoms with van der Waals surface area (Å²) >= 11 is 0. The first kappa shape index (κ1) is 19.9. The van der Waals surface area contributed by atoms with Gasteiger partial charge >= 0.3 is 18.1 Å². The Labute approximate surface area is 127 Å². The molecule has 0 bridgehead atoms. The van der Waals surface area contributed by atoms with Gasteiger partial charge in [0.2, 0.25) is 0 Å². The van der Waals surface area contributed by atoms with E-state index in [1.54, 1.807) is 24.4 Å². The molecule has 0 unspecified atom stereocenters. The van der Waals surface area contributed by atoms with E-state index in [0.717, 1.165) is 6.42 Å². The summed E-state index contributed by atoms with van der Waals surface area (Å²) in [4.78, 5) is 21.1. The molecule has 0 radical (unpaired) electrons. The molecule has 0 aliphatic heterocycles. The van der Waals surface area contributed by atoms with Crippen LogP contribution < -0.4 is 5.32 Å². The van der Waals surface area contributed by atoms with Crippen LogP contribution in [0.5, 0.6) is 0 Å². The van der Waals surface area contributed by atoms with Gasteiger partial charge < -0.3 is 10.1 Å². The highest BCUT2D eigenvalue weighted by molar-refractivity contribution is 5.89. The van der Waals surface area contributed by atoms with Crippen LogP contribution in [0.25, 0.3) is 0 Å². The number of hydrogen-bond acceptors (Lipinski definition) is 3. The van der Waals surface area contributed by atoms with Gasteiger partial charge in [0.1, 0.15) is 0 Å². The van der Waals surface area contributed by atoms with Crippen molar-refractivity contribution in [2.75, 3.05) is 13.2 Å². The molecule has 0 aliphatic carbocycles. The summed E-state index contributed by atoms with van der Waals surface area (Å²) in [7, 11) is 0. The zero-order valence-corrected chi connectivity index (χ0v) is 12.6. The number of carbonyl (C=O) groups excluding carboxylic acids is 2. The van der Waals surface area contributed by atoms with Gasteiger partial charge in [-0.05, 0) is 25.5 Å². The molecule has 1 aromatic rings. The van der Waals surface area contributed by atoms with Crippen LogP contribution in [-0.2, 0) is 9.53 Å². The van der Waals surface area contributed by atoms with Gasteiger partial charge in [0.15, 0.2) is 0 Å². The quantitative estimate of drug-likeness (QED) is 0.669. The fourth-order valence-electron chi connectivity index (χ4n) is 1.27. The van der Waals surface area contributed by atoms with Crippen LogP contribution in [0.2, 0.25) is 0 Å². The van der Waals surface area contributed by atoms with E-state index in [2.05, 4.69) is 0 Å². The fraction of sp³-hybridized carbons (Fsp3) is 0.467. The predicted octanol–water partition coefficient (Wildman–Crippen LogP) is 3.33. The number of carbonyl (C=O) groups is 2. The van der Waals surface area contributed by atoms with E-state index in [1.807, 2.05) is 25.1 Å².